The van der Waals surface area contributed by atoms with Gasteiger partial charge in [-0.05, 0) is 22.4 Å². The topological polar surface area (TPSA) is 47.0 Å². The fraction of sp³-hybridized carbons (Fsp3) is 0.636. The van der Waals surface area contributed by atoms with Gasteiger partial charge in [0.25, 0.3) is 0 Å². The first kappa shape index (κ1) is 16.2. The molecule has 0 atom stereocenters. The first-order valence-electron chi connectivity index (χ1n) is 5.75. The van der Waals surface area contributed by atoms with Gasteiger partial charge >= 0.3 is 6.18 Å². The number of hydrogen-bond donors (Lipinski definition) is 1. The summed E-state index contributed by atoms with van der Waals surface area (Å²) in [6.07, 6.45) is -2.75. The molecule has 0 aliphatic carbocycles. The van der Waals surface area contributed by atoms with E-state index in [-0.39, 0.29) is 12.4 Å². The Labute approximate surface area is 117 Å². The molecule has 1 N–H and O–H groups in total. The second-order valence-electron chi connectivity index (χ2n) is 3.86. The molecule has 0 radical (unpaired) electrons. The lowest BCUT2D eigenvalue weighted by Gasteiger charge is -2.11. The van der Waals surface area contributed by atoms with Crippen LogP contribution in [-0.2, 0) is 17.8 Å². The van der Waals surface area contributed by atoms with Gasteiger partial charge in [-0.15, -0.1) is 0 Å². The summed E-state index contributed by atoms with van der Waals surface area (Å²) in [5.74, 6) is 0.782. The van der Waals surface area contributed by atoms with Crippen LogP contribution < -0.4 is 5.32 Å². The number of hydrogen-bond acceptors (Lipinski definition) is 4. The van der Waals surface area contributed by atoms with Crippen LogP contribution in [0.1, 0.15) is 24.9 Å². The van der Waals surface area contributed by atoms with Gasteiger partial charge in [0.2, 0.25) is 0 Å². The molecule has 0 aliphatic rings. The van der Waals surface area contributed by atoms with Crippen molar-refractivity contribution in [3.8, 4) is 0 Å². The van der Waals surface area contributed by atoms with Gasteiger partial charge in [0.1, 0.15) is 19.0 Å². The van der Waals surface area contributed by atoms with Crippen LogP contribution >= 0.6 is 15.9 Å². The third-order valence-corrected chi connectivity index (χ3v) is 3.02. The number of nitrogens with zero attached hydrogens (tertiary/aromatic N) is 2. The van der Waals surface area contributed by atoms with Gasteiger partial charge in [-0.1, -0.05) is 13.3 Å². The van der Waals surface area contributed by atoms with E-state index in [1.807, 2.05) is 6.92 Å². The minimum atomic E-state index is -4.34. The molecule has 1 aromatic rings. The highest BCUT2D eigenvalue weighted by Crippen LogP contribution is 2.24. The normalized spacial score (nSPS) is 11.7. The summed E-state index contributed by atoms with van der Waals surface area (Å²) in [6.45, 7) is 0.427. The number of nitrogens with one attached hydrogen (secondary N) is 1. The van der Waals surface area contributed by atoms with E-state index in [0.717, 1.165) is 16.6 Å². The Morgan fingerprint density at radius 1 is 1.32 bits per heavy atom. The Kier molecular flexibility index (Phi) is 5.99. The fourth-order valence-electron chi connectivity index (χ4n) is 1.44. The van der Waals surface area contributed by atoms with Crippen molar-refractivity contribution in [3.05, 3.63) is 16.0 Å². The fourth-order valence-corrected chi connectivity index (χ4v) is 2.01. The highest BCUT2D eigenvalue weighted by molar-refractivity contribution is 9.10. The van der Waals surface area contributed by atoms with Crippen molar-refractivity contribution in [2.24, 2.45) is 0 Å². The highest BCUT2D eigenvalue weighted by atomic mass is 79.9. The molecule has 1 rings (SSSR count). The Hall–Kier alpha value is -0.890. The van der Waals surface area contributed by atoms with E-state index < -0.39 is 12.8 Å². The summed E-state index contributed by atoms with van der Waals surface area (Å²) >= 11 is 3.37. The molecule has 0 unspecified atom stereocenters. The van der Waals surface area contributed by atoms with Crippen LogP contribution in [0.3, 0.4) is 0 Å². The van der Waals surface area contributed by atoms with Gasteiger partial charge in [0, 0.05) is 7.05 Å². The summed E-state index contributed by atoms with van der Waals surface area (Å²) in [5.41, 5.74) is 0.757. The third kappa shape index (κ3) is 5.32. The van der Waals surface area contributed by atoms with Gasteiger partial charge in [0.15, 0.2) is 5.82 Å². The van der Waals surface area contributed by atoms with Gasteiger partial charge < -0.3 is 10.1 Å². The van der Waals surface area contributed by atoms with Crippen LogP contribution in [0.15, 0.2) is 4.47 Å². The first-order valence-corrected chi connectivity index (χ1v) is 6.54. The average molecular weight is 342 g/mol. The summed E-state index contributed by atoms with van der Waals surface area (Å²) in [5, 5.41) is 2.87. The third-order valence-electron chi connectivity index (χ3n) is 2.19. The maximum absolute atomic E-state index is 12.0. The van der Waals surface area contributed by atoms with E-state index in [9.17, 15) is 13.2 Å². The minimum Gasteiger partial charge on any atom is -0.372 e. The van der Waals surface area contributed by atoms with E-state index in [1.165, 1.54) is 0 Å². The molecule has 8 heteroatoms. The van der Waals surface area contributed by atoms with E-state index in [0.29, 0.717) is 12.2 Å². The molecule has 0 amide bonds. The molecule has 0 spiro atoms. The van der Waals surface area contributed by atoms with Crippen LogP contribution in [0.2, 0.25) is 0 Å². The number of alkyl halides is 3. The lowest BCUT2D eigenvalue weighted by molar-refractivity contribution is -0.177. The summed E-state index contributed by atoms with van der Waals surface area (Å²) < 4.78 is 41.2. The van der Waals surface area contributed by atoms with Crippen molar-refractivity contribution < 1.29 is 17.9 Å². The second-order valence-corrected chi connectivity index (χ2v) is 4.65. The molecular weight excluding hydrogens is 327 g/mol. The van der Waals surface area contributed by atoms with E-state index in [4.69, 9.17) is 0 Å². The maximum atomic E-state index is 12.0. The van der Waals surface area contributed by atoms with Crippen LogP contribution in [0, 0.1) is 0 Å². The molecule has 1 heterocycles. The van der Waals surface area contributed by atoms with Crippen molar-refractivity contribution in [1.29, 1.82) is 0 Å². The molecule has 19 heavy (non-hydrogen) atoms. The zero-order valence-electron chi connectivity index (χ0n) is 10.6. The molecule has 0 saturated carbocycles. The zero-order valence-corrected chi connectivity index (χ0v) is 12.2. The molecule has 0 fully saturated rings. The lowest BCUT2D eigenvalue weighted by atomic mass is 10.2. The smallest absolute Gasteiger partial charge is 0.372 e. The molecular formula is C11H15BrF3N3O. The standard InChI is InChI=1S/C11H15BrF3N3O/c1-3-4-7-9(12)10(16-2)18-8(17-7)5-19-6-11(13,14)15/h3-6H2,1-2H3,(H,16,17,18). The molecule has 0 bridgehead atoms. The minimum absolute atomic E-state index is 0.236. The lowest BCUT2D eigenvalue weighted by Crippen LogP contribution is -2.17. The molecule has 1 aromatic heterocycles. The zero-order chi connectivity index (χ0) is 14.5. The van der Waals surface area contributed by atoms with Gasteiger partial charge in [-0.3, -0.25) is 0 Å². The van der Waals surface area contributed by atoms with Crippen molar-refractivity contribution in [3.63, 3.8) is 0 Å². The Morgan fingerprint density at radius 2 is 2.00 bits per heavy atom. The Bertz CT molecular complexity index is 426. The predicted molar refractivity (Wildman–Crippen MR) is 69.0 cm³/mol. The van der Waals surface area contributed by atoms with Crippen molar-refractivity contribution in [2.75, 3.05) is 19.0 Å². The first-order chi connectivity index (χ1) is 8.87. The van der Waals surface area contributed by atoms with Crippen LogP contribution in [0.5, 0.6) is 0 Å². The van der Waals surface area contributed by atoms with E-state index >= 15 is 0 Å². The van der Waals surface area contributed by atoms with Gasteiger partial charge in [0.05, 0.1) is 10.2 Å². The summed E-state index contributed by atoms with van der Waals surface area (Å²) in [4.78, 5) is 8.29. The molecule has 4 nitrogen and oxygen atoms in total. The van der Waals surface area contributed by atoms with Crippen molar-refractivity contribution in [1.82, 2.24) is 9.97 Å². The molecule has 0 aromatic carbocycles. The number of rotatable bonds is 6. The van der Waals surface area contributed by atoms with E-state index in [1.54, 1.807) is 7.05 Å². The monoisotopic (exact) mass is 341 g/mol. The highest BCUT2D eigenvalue weighted by Gasteiger charge is 2.27. The Balaban J connectivity index is 2.80. The van der Waals surface area contributed by atoms with Gasteiger partial charge in [-0.2, -0.15) is 13.2 Å². The number of ether oxygens (including phenoxy) is 1. The number of aromatic nitrogens is 2. The quantitative estimate of drug-likeness (QED) is 0.862. The Morgan fingerprint density at radius 3 is 2.53 bits per heavy atom. The van der Waals surface area contributed by atoms with E-state index in [2.05, 4.69) is 36.0 Å². The summed E-state index contributed by atoms with van der Waals surface area (Å²) in [7, 11) is 1.68. The van der Waals surface area contributed by atoms with Crippen LogP contribution in [0.4, 0.5) is 19.0 Å². The largest absolute Gasteiger partial charge is 0.411 e. The van der Waals surface area contributed by atoms with Crippen molar-refractivity contribution in [2.45, 2.75) is 32.5 Å². The predicted octanol–water partition coefficient (Wildman–Crippen LogP) is 3.31. The molecule has 108 valence electrons. The van der Waals surface area contributed by atoms with Gasteiger partial charge in [-0.25, -0.2) is 9.97 Å². The molecule has 0 aliphatic heterocycles. The molecule has 0 saturated heterocycles. The number of halogens is 4. The SMILES string of the molecule is CCCc1nc(COCC(F)(F)F)nc(NC)c1Br. The number of anilines is 1. The number of aryl methyl sites for hydroxylation is 1. The average Bonchev–Trinajstić information content (AvgIpc) is 2.31. The van der Waals surface area contributed by atoms with Crippen molar-refractivity contribution >= 4 is 21.7 Å². The summed E-state index contributed by atoms with van der Waals surface area (Å²) in [6, 6.07) is 0. The van der Waals surface area contributed by atoms with Crippen LogP contribution in [0.25, 0.3) is 0 Å². The maximum Gasteiger partial charge on any atom is 0.411 e. The second kappa shape index (κ2) is 7.04. The van der Waals surface area contributed by atoms with Crippen LogP contribution in [-0.4, -0.2) is 29.8 Å².